The molecule has 1 saturated heterocycles. The third kappa shape index (κ3) is 3.06. The first kappa shape index (κ1) is 15.5. The van der Waals surface area contributed by atoms with Gasteiger partial charge in [-0.1, -0.05) is 18.2 Å². The molecule has 1 aliphatic rings. The van der Waals surface area contributed by atoms with Crippen LogP contribution in [0.5, 0.6) is 0 Å². The topological polar surface area (TPSA) is 76.8 Å². The van der Waals surface area contributed by atoms with Gasteiger partial charge in [-0.15, -0.1) is 0 Å². The normalized spacial score (nSPS) is 16.7. The molecular formula is C16H13NO5S. The van der Waals surface area contributed by atoms with Crippen LogP contribution in [0.1, 0.15) is 5.56 Å². The molecule has 118 valence electrons. The van der Waals surface area contributed by atoms with E-state index in [2.05, 4.69) is 0 Å². The average molecular weight is 331 g/mol. The van der Waals surface area contributed by atoms with Crippen molar-refractivity contribution in [3.05, 3.63) is 51.2 Å². The van der Waals surface area contributed by atoms with Gasteiger partial charge in [-0.25, -0.2) is 4.79 Å². The number of benzene rings is 1. The van der Waals surface area contributed by atoms with E-state index in [9.17, 15) is 14.4 Å². The lowest BCUT2D eigenvalue weighted by Gasteiger charge is -2.10. The van der Waals surface area contributed by atoms with Crippen molar-refractivity contribution in [2.45, 2.75) is 0 Å². The van der Waals surface area contributed by atoms with Gasteiger partial charge < -0.3 is 9.15 Å². The zero-order valence-electron chi connectivity index (χ0n) is 12.3. The summed E-state index contributed by atoms with van der Waals surface area (Å²) in [4.78, 5) is 37.4. The zero-order valence-corrected chi connectivity index (χ0v) is 13.1. The van der Waals surface area contributed by atoms with Gasteiger partial charge in [-0.3, -0.25) is 14.5 Å². The van der Waals surface area contributed by atoms with E-state index in [4.69, 9.17) is 9.15 Å². The van der Waals surface area contributed by atoms with Gasteiger partial charge in [0.05, 0.1) is 23.6 Å². The molecule has 6 nitrogen and oxygen atoms in total. The van der Waals surface area contributed by atoms with E-state index in [0.29, 0.717) is 5.58 Å². The smallest absolute Gasteiger partial charge is 0.343 e. The molecule has 0 bridgehead atoms. The van der Waals surface area contributed by atoms with Crippen LogP contribution in [0, 0.1) is 0 Å². The highest BCUT2D eigenvalue weighted by Gasteiger charge is 2.34. The molecule has 0 aliphatic carbocycles. The SMILES string of the molecule is COCCN1C(=O)S/C(=C/c2cc3ccccc3oc2=O)C1=O. The van der Waals surface area contributed by atoms with E-state index in [1.807, 2.05) is 6.07 Å². The fraction of sp³-hybridized carbons (Fsp3) is 0.188. The Morgan fingerprint density at radius 2 is 2.04 bits per heavy atom. The van der Waals surface area contributed by atoms with E-state index in [1.165, 1.54) is 13.2 Å². The van der Waals surface area contributed by atoms with E-state index in [-0.39, 0.29) is 28.9 Å². The summed E-state index contributed by atoms with van der Waals surface area (Å²) in [7, 11) is 1.50. The predicted molar refractivity (Wildman–Crippen MR) is 87.0 cm³/mol. The number of imide groups is 1. The Kier molecular flexibility index (Phi) is 4.31. The molecule has 0 unspecified atom stereocenters. The molecule has 0 spiro atoms. The predicted octanol–water partition coefficient (Wildman–Crippen LogP) is 2.48. The number of fused-ring (bicyclic) bond motifs is 1. The minimum Gasteiger partial charge on any atom is -0.422 e. The Hall–Kier alpha value is -2.38. The van der Waals surface area contributed by atoms with Crippen molar-refractivity contribution in [2.75, 3.05) is 20.3 Å². The molecule has 3 rings (SSSR count). The number of amides is 2. The highest BCUT2D eigenvalue weighted by Crippen LogP contribution is 2.31. The van der Waals surface area contributed by atoms with Gasteiger partial charge in [-0.2, -0.15) is 0 Å². The summed E-state index contributed by atoms with van der Waals surface area (Å²) in [6.45, 7) is 0.453. The van der Waals surface area contributed by atoms with Gasteiger partial charge in [0.15, 0.2) is 0 Å². The van der Waals surface area contributed by atoms with Gasteiger partial charge in [0.2, 0.25) is 0 Å². The van der Waals surface area contributed by atoms with Crippen LogP contribution in [-0.4, -0.2) is 36.3 Å². The standard InChI is InChI=1S/C16H13NO5S/c1-21-7-6-17-14(18)13(23-16(17)20)9-11-8-10-4-2-3-5-12(10)22-15(11)19/h2-5,8-9H,6-7H2,1H3/b13-9+. The minimum atomic E-state index is -0.549. The van der Waals surface area contributed by atoms with E-state index in [0.717, 1.165) is 22.0 Å². The second-order valence-electron chi connectivity index (χ2n) is 4.85. The van der Waals surface area contributed by atoms with Crippen LogP contribution in [0.4, 0.5) is 4.79 Å². The van der Waals surface area contributed by atoms with E-state index < -0.39 is 11.5 Å². The highest BCUT2D eigenvalue weighted by atomic mass is 32.2. The van der Waals surface area contributed by atoms with Crippen LogP contribution < -0.4 is 5.63 Å². The van der Waals surface area contributed by atoms with Crippen LogP contribution in [-0.2, 0) is 9.53 Å². The summed E-state index contributed by atoms with van der Waals surface area (Å²) >= 11 is 0.804. The van der Waals surface area contributed by atoms with Crippen molar-refractivity contribution >= 4 is 40.0 Å². The number of methoxy groups -OCH3 is 1. The number of ether oxygens (including phenoxy) is 1. The first-order chi connectivity index (χ1) is 11.1. The summed E-state index contributed by atoms with van der Waals surface area (Å²) in [6.07, 6.45) is 1.40. The quantitative estimate of drug-likeness (QED) is 0.633. The molecule has 0 atom stereocenters. The van der Waals surface area contributed by atoms with Gasteiger partial charge in [0.25, 0.3) is 11.1 Å². The van der Waals surface area contributed by atoms with Crippen molar-refractivity contribution in [3.8, 4) is 0 Å². The lowest BCUT2D eigenvalue weighted by Crippen LogP contribution is -2.31. The molecule has 1 fully saturated rings. The molecule has 2 amide bonds. The maximum absolute atomic E-state index is 12.2. The van der Waals surface area contributed by atoms with Crippen molar-refractivity contribution in [3.63, 3.8) is 0 Å². The average Bonchev–Trinajstić information content (AvgIpc) is 2.80. The van der Waals surface area contributed by atoms with Crippen molar-refractivity contribution in [2.24, 2.45) is 0 Å². The van der Waals surface area contributed by atoms with Crippen LogP contribution in [0.15, 0.2) is 44.4 Å². The number of para-hydroxylation sites is 1. The summed E-state index contributed by atoms with van der Waals surface area (Å²) in [5.41, 5.74) is 0.163. The van der Waals surface area contributed by atoms with Gasteiger partial charge in [-0.05, 0) is 30.0 Å². The van der Waals surface area contributed by atoms with Gasteiger partial charge in [0.1, 0.15) is 5.58 Å². The third-order valence-electron chi connectivity index (χ3n) is 3.35. The number of carbonyl (C=O) groups is 2. The molecule has 0 N–H and O–H groups in total. The Morgan fingerprint density at radius 3 is 2.83 bits per heavy atom. The monoisotopic (exact) mass is 331 g/mol. The number of carbonyl (C=O) groups excluding carboxylic acids is 2. The number of rotatable bonds is 4. The first-order valence-corrected chi connectivity index (χ1v) is 7.69. The van der Waals surface area contributed by atoms with Crippen LogP contribution >= 0.6 is 11.8 Å². The Morgan fingerprint density at radius 1 is 1.26 bits per heavy atom. The van der Waals surface area contributed by atoms with E-state index in [1.54, 1.807) is 24.3 Å². The van der Waals surface area contributed by atoms with E-state index >= 15 is 0 Å². The fourth-order valence-corrected chi connectivity index (χ4v) is 3.05. The van der Waals surface area contributed by atoms with Gasteiger partial charge in [0, 0.05) is 12.5 Å². The largest absolute Gasteiger partial charge is 0.422 e. The Labute approximate surface area is 135 Å². The Balaban J connectivity index is 1.96. The second-order valence-corrected chi connectivity index (χ2v) is 5.85. The lowest BCUT2D eigenvalue weighted by atomic mass is 10.2. The third-order valence-corrected chi connectivity index (χ3v) is 4.25. The molecule has 0 radical (unpaired) electrons. The second kappa shape index (κ2) is 6.39. The molecule has 23 heavy (non-hydrogen) atoms. The van der Waals surface area contributed by atoms with Crippen molar-refractivity contribution in [1.29, 1.82) is 0 Å². The number of thioether (sulfide) groups is 1. The summed E-state index contributed by atoms with van der Waals surface area (Å²) in [5.74, 6) is -0.426. The summed E-state index contributed by atoms with van der Waals surface area (Å²) in [6, 6.07) is 8.74. The first-order valence-electron chi connectivity index (χ1n) is 6.87. The molecule has 0 saturated carbocycles. The number of hydrogen-bond donors (Lipinski definition) is 0. The fourth-order valence-electron chi connectivity index (χ4n) is 2.20. The lowest BCUT2D eigenvalue weighted by molar-refractivity contribution is -0.123. The minimum absolute atomic E-state index is 0.185. The Bertz CT molecular complexity index is 870. The van der Waals surface area contributed by atoms with Crippen molar-refractivity contribution in [1.82, 2.24) is 4.90 Å². The summed E-state index contributed by atoms with van der Waals surface area (Å²) in [5, 5.41) is 0.375. The molecule has 1 aliphatic heterocycles. The molecule has 1 aromatic carbocycles. The number of nitrogens with zero attached hydrogens (tertiary/aromatic N) is 1. The maximum atomic E-state index is 12.2. The molecule has 1 aromatic heterocycles. The molecule has 2 heterocycles. The molecule has 2 aromatic rings. The van der Waals surface area contributed by atoms with Crippen LogP contribution in [0.3, 0.4) is 0 Å². The van der Waals surface area contributed by atoms with Gasteiger partial charge >= 0.3 is 5.63 Å². The summed E-state index contributed by atoms with van der Waals surface area (Å²) < 4.78 is 10.1. The number of hydrogen-bond acceptors (Lipinski definition) is 6. The van der Waals surface area contributed by atoms with Crippen molar-refractivity contribution < 1.29 is 18.7 Å². The van der Waals surface area contributed by atoms with Crippen LogP contribution in [0.2, 0.25) is 0 Å². The zero-order chi connectivity index (χ0) is 16.4. The maximum Gasteiger partial charge on any atom is 0.343 e. The van der Waals surface area contributed by atoms with Crippen LogP contribution in [0.25, 0.3) is 17.0 Å². The molecule has 7 heteroatoms. The highest BCUT2D eigenvalue weighted by molar-refractivity contribution is 8.18. The molecular weight excluding hydrogens is 318 g/mol.